The minimum atomic E-state index is -5.08. The normalized spacial score (nSPS) is 12.9. The van der Waals surface area contributed by atoms with E-state index >= 15 is 0 Å². The van der Waals surface area contributed by atoms with Crippen molar-refractivity contribution in [3.63, 3.8) is 0 Å². The zero-order chi connectivity index (χ0) is 13.4. The summed E-state index contributed by atoms with van der Waals surface area (Å²) in [7, 11) is 0. The molecule has 0 aromatic heterocycles. The third kappa shape index (κ3) is 2.71. The molecule has 0 aliphatic rings. The van der Waals surface area contributed by atoms with Gasteiger partial charge in [0.2, 0.25) is 0 Å². The molecule has 0 unspecified atom stereocenters. The highest BCUT2D eigenvalue weighted by Gasteiger charge is 2.45. The van der Waals surface area contributed by atoms with E-state index in [0.29, 0.717) is 0 Å². The van der Waals surface area contributed by atoms with Crippen LogP contribution in [-0.2, 0) is 18.9 Å². The van der Waals surface area contributed by atoms with E-state index in [1.54, 1.807) is 0 Å². The van der Waals surface area contributed by atoms with Crippen LogP contribution in [0, 0.1) is 6.92 Å². The average Bonchev–Trinajstić information content (AvgIpc) is 2.13. The Bertz CT molecular complexity index is 418. The van der Waals surface area contributed by atoms with Crippen molar-refractivity contribution in [2.75, 3.05) is 0 Å². The number of nitrogens with two attached hydrogens (primary N) is 1. The molecule has 0 spiro atoms. The summed E-state index contributed by atoms with van der Waals surface area (Å²) in [6.07, 6.45) is -10.1. The molecule has 2 N–H and O–H groups in total. The fraction of sp³-hybridized carbons (Fsp3) is 0.400. The van der Waals surface area contributed by atoms with Crippen LogP contribution < -0.4 is 5.73 Å². The summed E-state index contributed by atoms with van der Waals surface area (Å²) < 4.78 is 75.8. The molecular formula is C10H9F6N. The van der Waals surface area contributed by atoms with Crippen LogP contribution in [-0.4, -0.2) is 0 Å². The van der Waals surface area contributed by atoms with Crippen molar-refractivity contribution in [3.8, 4) is 0 Å². The maximum Gasteiger partial charge on any atom is 0.417 e. The molecule has 0 aliphatic carbocycles. The molecule has 0 amide bonds. The lowest BCUT2D eigenvalue weighted by Gasteiger charge is -2.20. The Morgan fingerprint density at radius 2 is 1.41 bits per heavy atom. The minimum Gasteiger partial charge on any atom is -0.326 e. The number of hydrogen-bond acceptors (Lipinski definition) is 1. The highest BCUT2D eigenvalue weighted by molar-refractivity contribution is 5.44. The van der Waals surface area contributed by atoms with E-state index in [0.717, 1.165) is 19.1 Å². The summed E-state index contributed by atoms with van der Waals surface area (Å²) in [5, 5.41) is 0. The number of benzene rings is 1. The number of alkyl halides is 6. The Balaban J connectivity index is 3.67. The van der Waals surface area contributed by atoms with Crippen molar-refractivity contribution in [1.82, 2.24) is 0 Å². The molecule has 1 aromatic carbocycles. The number of halogens is 6. The standard InChI is InChI=1S/C10H9F6N/c1-5-2-3-6(4-17)8(10(14,15)16)7(5)9(11,12)13/h2-3H,4,17H2,1H3. The molecule has 0 saturated heterocycles. The first kappa shape index (κ1) is 13.8. The molecule has 96 valence electrons. The van der Waals surface area contributed by atoms with Crippen molar-refractivity contribution in [2.45, 2.75) is 25.8 Å². The van der Waals surface area contributed by atoms with E-state index in [2.05, 4.69) is 0 Å². The summed E-state index contributed by atoms with van der Waals surface area (Å²) in [4.78, 5) is 0. The first-order valence-corrected chi connectivity index (χ1v) is 4.56. The molecule has 7 heteroatoms. The van der Waals surface area contributed by atoms with Crippen molar-refractivity contribution < 1.29 is 26.3 Å². The number of aryl methyl sites for hydroxylation is 1. The van der Waals surface area contributed by atoms with Crippen LogP contribution >= 0.6 is 0 Å². The molecule has 0 atom stereocenters. The Kier molecular flexibility index (Phi) is 3.42. The zero-order valence-corrected chi connectivity index (χ0v) is 8.71. The van der Waals surface area contributed by atoms with Crippen LogP contribution in [0.3, 0.4) is 0 Å². The lowest BCUT2D eigenvalue weighted by molar-refractivity contribution is -0.162. The molecule has 0 bridgehead atoms. The maximum absolute atomic E-state index is 12.7. The Labute approximate surface area is 93.2 Å². The monoisotopic (exact) mass is 257 g/mol. The SMILES string of the molecule is Cc1ccc(CN)c(C(F)(F)F)c1C(F)(F)F. The van der Waals surface area contributed by atoms with Gasteiger partial charge < -0.3 is 5.73 Å². The average molecular weight is 257 g/mol. The largest absolute Gasteiger partial charge is 0.417 e. The van der Waals surface area contributed by atoms with Gasteiger partial charge in [0.25, 0.3) is 0 Å². The lowest BCUT2D eigenvalue weighted by atomic mass is 9.95. The van der Waals surface area contributed by atoms with E-state index in [4.69, 9.17) is 5.73 Å². The van der Waals surface area contributed by atoms with Gasteiger partial charge in [0.05, 0.1) is 11.1 Å². The minimum absolute atomic E-state index is 0.470. The summed E-state index contributed by atoms with van der Waals surface area (Å²) in [5.74, 6) is 0. The Hall–Kier alpha value is -1.24. The topological polar surface area (TPSA) is 26.0 Å². The van der Waals surface area contributed by atoms with Gasteiger partial charge in [-0.15, -0.1) is 0 Å². The molecule has 0 saturated carbocycles. The predicted molar refractivity (Wildman–Crippen MR) is 49.1 cm³/mol. The second kappa shape index (κ2) is 4.21. The quantitative estimate of drug-likeness (QED) is 0.766. The Morgan fingerprint density at radius 1 is 0.941 bits per heavy atom. The van der Waals surface area contributed by atoms with Crippen LogP contribution in [0.25, 0.3) is 0 Å². The fourth-order valence-corrected chi connectivity index (χ4v) is 1.61. The summed E-state index contributed by atoms with van der Waals surface area (Å²) in [6, 6.07) is 1.95. The molecule has 0 aliphatic heterocycles. The van der Waals surface area contributed by atoms with E-state index < -0.39 is 41.2 Å². The second-order valence-corrected chi connectivity index (χ2v) is 3.49. The molecule has 0 radical (unpaired) electrons. The predicted octanol–water partition coefficient (Wildman–Crippen LogP) is 3.49. The molecule has 1 nitrogen and oxygen atoms in total. The van der Waals surface area contributed by atoms with Crippen LogP contribution in [0.2, 0.25) is 0 Å². The van der Waals surface area contributed by atoms with Crippen molar-refractivity contribution in [3.05, 3.63) is 34.4 Å². The van der Waals surface area contributed by atoms with Gasteiger partial charge in [0, 0.05) is 6.54 Å². The summed E-state index contributed by atoms with van der Waals surface area (Å²) in [6.45, 7) is 0.385. The number of hydrogen-bond donors (Lipinski definition) is 1. The van der Waals surface area contributed by atoms with Gasteiger partial charge in [-0.3, -0.25) is 0 Å². The molecular weight excluding hydrogens is 248 g/mol. The van der Waals surface area contributed by atoms with Gasteiger partial charge in [-0.2, -0.15) is 26.3 Å². The lowest BCUT2D eigenvalue weighted by Crippen LogP contribution is -2.21. The van der Waals surface area contributed by atoms with Crippen molar-refractivity contribution in [1.29, 1.82) is 0 Å². The summed E-state index contributed by atoms with van der Waals surface area (Å²) >= 11 is 0. The molecule has 1 rings (SSSR count). The van der Waals surface area contributed by atoms with E-state index in [1.807, 2.05) is 0 Å². The van der Waals surface area contributed by atoms with Crippen LogP contribution in [0.15, 0.2) is 12.1 Å². The maximum atomic E-state index is 12.7. The number of rotatable bonds is 1. The second-order valence-electron chi connectivity index (χ2n) is 3.49. The highest BCUT2D eigenvalue weighted by atomic mass is 19.4. The summed E-state index contributed by atoms with van der Waals surface area (Å²) in [5.41, 5.74) is 0.665. The van der Waals surface area contributed by atoms with Crippen molar-refractivity contribution >= 4 is 0 Å². The van der Waals surface area contributed by atoms with E-state index in [1.165, 1.54) is 0 Å². The van der Waals surface area contributed by atoms with E-state index in [9.17, 15) is 26.3 Å². The van der Waals surface area contributed by atoms with Gasteiger partial charge in [0.15, 0.2) is 0 Å². The van der Waals surface area contributed by atoms with Crippen LogP contribution in [0.1, 0.15) is 22.3 Å². The van der Waals surface area contributed by atoms with Gasteiger partial charge in [-0.05, 0) is 18.1 Å². The fourth-order valence-electron chi connectivity index (χ4n) is 1.61. The van der Waals surface area contributed by atoms with Crippen LogP contribution in [0.5, 0.6) is 0 Å². The molecule has 0 heterocycles. The van der Waals surface area contributed by atoms with Crippen LogP contribution in [0.4, 0.5) is 26.3 Å². The van der Waals surface area contributed by atoms with Gasteiger partial charge in [0.1, 0.15) is 0 Å². The third-order valence-electron chi connectivity index (χ3n) is 2.29. The Morgan fingerprint density at radius 3 is 1.76 bits per heavy atom. The first-order valence-electron chi connectivity index (χ1n) is 4.56. The smallest absolute Gasteiger partial charge is 0.326 e. The highest BCUT2D eigenvalue weighted by Crippen LogP contribution is 2.43. The van der Waals surface area contributed by atoms with Gasteiger partial charge >= 0.3 is 12.4 Å². The third-order valence-corrected chi connectivity index (χ3v) is 2.29. The van der Waals surface area contributed by atoms with Crippen molar-refractivity contribution in [2.24, 2.45) is 5.73 Å². The first-order chi connectivity index (χ1) is 7.59. The van der Waals surface area contributed by atoms with Gasteiger partial charge in [-0.25, -0.2) is 0 Å². The zero-order valence-electron chi connectivity index (χ0n) is 8.71. The molecule has 1 aromatic rings. The van der Waals surface area contributed by atoms with E-state index in [-0.39, 0.29) is 0 Å². The van der Waals surface area contributed by atoms with Gasteiger partial charge in [-0.1, -0.05) is 12.1 Å². The molecule has 17 heavy (non-hydrogen) atoms. The molecule has 0 fully saturated rings.